The molecule has 3 rings (SSSR count). The van der Waals surface area contributed by atoms with Gasteiger partial charge in [0.2, 0.25) is 0 Å². The minimum atomic E-state index is -0.270. The van der Waals surface area contributed by atoms with Gasteiger partial charge in [0, 0.05) is 42.7 Å². The molecule has 2 aromatic carbocycles. The zero-order valence-corrected chi connectivity index (χ0v) is 20.3. The van der Waals surface area contributed by atoms with Gasteiger partial charge in [-0.25, -0.2) is 0 Å². The molecule has 0 spiro atoms. The average molecular weight is 475 g/mol. The lowest BCUT2D eigenvalue weighted by Gasteiger charge is -2.32. The molecule has 0 unspecified atom stereocenters. The summed E-state index contributed by atoms with van der Waals surface area (Å²) >= 11 is 0. The Balaban J connectivity index is 1.67. The maximum Gasteiger partial charge on any atom is 0.142 e. The molecule has 0 atom stereocenters. The Kier molecular flexibility index (Phi) is 10.1. The number of hydrogen-bond donors (Lipinski definition) is 4. The van der Waals surface area contributed by atoms with E-state index in [1.54, 1.807) is 6.07 Å². The van der Waals surface area contributed by atoms with Crippen molar-refractivity contribution >= 4 is 0 Å². The van der Waals surface area contributed by atoms with Gasteiger partial charge in [-0.1, -0.05) is 26.0 Å². The Morgan fingerprint density at radius 2 is 1.68 bits per heavy atom. The van der Waals surface area contributed by atoms with Crippen LogP contribution in [0.4, 0.5) is 0 Å². The van der Waals surface area contributed by atoms with E-state index >= 15 is 0 Å². The van der Waals surface area contributed by atoms with Gasteiger partial charge >= 0.3 is 0 Å². The van der Waals surface area contributed by atoms with E-state index in [0.29, 0.717) is 46.2 Å². The number of hydrogen-bond acceptors (Lipinski definition) is 8. The molecule has 8 heteroatoms. The topological polar surface area (TPSA) is 104 Å². The zero-order valence-electron chi connectivity index (χ0n) is 20.3. The summed E-state index contributed by atoms with van der Waals surface area (Å²) in [5.74, 6) is 1.17. The summed E-state index contributed by atoms with van der Waals surface area (Å²) in [5.41, 5.74) is 4.00. The summed E-state index contributed by atoms with van der Waals surface area (Å²) in [6, 6.07) is 12.1. The Labute approximate surface area is 202 Å². The fourth-order valence-corrected chi connectivity index (χ4v) is 4.00. The summed E-state index contributed by atoms with van der Waals surface area (Å²) in [5, 5.41) is 31.3. The number of rotatable bonds is 14. The number of phenolic OH excluding ortho intramolecular Hbond substituents is 1. The predicted octanol–water partition coefficient (Wildman–Crippen LogP) is 1.98. The van der Waals surface area contributed by atoms with Crippen molar-refractivity contribution in [1.82, 2.24) is 10.2 Å². The second kappa shape index (κ2) is 13.0. The van der Waals surface area contributed by atoms with Crippen LogP contribution in [0, 0.1) is 0 Å². The summed E-state index contributed by atoms with van der Waals surface area (Å²) in [6.07, 6.45) is 0. The molecule has 1 heterocycles. The highest BCUT2D eigenvalue weighted by Gasteiger charge is 2.26. The first-order valence-corrected chi connectivity index (χ1v) is 11.8. The van der Waals surface area contributed by atoms with E-state index in [2.05, 4.69) is 42.3 Å². The molecular weight excluding hydrogens is 436 g/mol. The third-order valence-corrected chi connectivity index (χ3v) is 6.14. The summed E-state index contributed by atoms with van der Waals surface area (Å²) < 4.78 is 16.6. The van der Waals surface area contributed by atoms with Crippen LogP contribution in [-0.4, -0.2) is 79.7 Å². The Bertz CT molecular complexity index is 905. The van der Waals surface area contributed by atoms with E-state index < -0.39 is 0 Å². The van der Waals surface area contributed by atoms with Crippen molar-refractivity contribution in [3.8, 4) is 11.5 Å². The molecule has 4 N–H and O–H groups in total. The number of aromatic hydroxyl groups is 1. The van der Waals surface area contributed by atoms with Crippen molar-refractivity contribution in [1.29, 1.82) is 0 Å². The second-order valence-electron chi connectivity index (χ2n) is 8.97. The molecule has 1 aliphatic heterocycles. The van der Waals surface area contributed by atoms with Crippen molar-refractivity contribution in [2.75, 3.05) is 59.5 Å². The van der Waals surface area contributed by atoms with Crippen LogP contribution in [-0.2, 0) is 28.0 Å². The molecule has 0 fully saturated rings. The highest BCUT2D eigenvalue weighted by atomic mass is 16.5. The molecule has 2 aromatic rings. The highest BCUT2D eigenvalue weighted by molar-refractivity contribution is 5.47. The lowest BCUT2D eigenvalue weighted by molar-refractivity contribution is 0.0389. The number of aliphatic hydroxyl groups excluding tert-OH is 2. The average Bonchev–Trinajstić information content (AvgIpc) is 2.84. The lowest BCUT2D eigenvalue weighted by Crippen LogP contribution is -2.35. The van der Waals surface area contributed by atoms with E-state index in [4.69, 9.17) is 24.4 Å². The molecule has 1 aliphatic rings. The van der Waals surface area contributed by atoms with Gasteiger partial charge < -0.3 is 34.8 Å². The number of benzene rings is 2. The van der Waals surface area contributed by atoms with Crippen molar-refractivity contribution in [3.05, 3.63) is 58.7 Å². The van der Waals surface area contributed by atoms with Gasteiger partial charge in [-0.05, 0) is 35.4 Å². The van der Waals surface area contributed by atoms with Crippen LogP contribution in [0.2, 0.25) is 0 Å². The van der Waals surface area contributed by atoms with Crippen LogP contribution in [0.3, 0.4) is 0 Å². The van der Waals surface area contributed by atoms with E-state index in [1.807, 2.05) is 12.1 Å². The van der Waals surface area contributed by atoms with Crippen molar-refractivity contribution in [2.24, 2.45) is 0 Å². The SMILES string of the molecule is CC(C)(c1ccc(O)c(CNCCOCCO)c1)c1ccc2c(c1)CN(CCOCCO)CO2. The van der Waals surface area contributed by atoms with Gasteiger partial charge in [0.05, 0.1) is 39.6 Å². The van der Waals surface area contributed by atoms with E-state index in [0.717, 1.165) is 35.5 Å². The number of fused-ring (bicyclic) bond motifs is 1. The molecule has 0 aliphatic carbocycles. The predicted molar refractivity (Wildman–Crippen MR) is 130 cm³/mol. The van der Waals surface area contributed by atoms with Crippen molar-refractivity contribution in [2.45, 2.75) is 32.4 Å². The number of ether oxygens (including phenoxy) is 3. The maximum atomic E-state index is 10.4. The third kappa shape index (κ3) is 7.15. The van der Waals surface area contributed by atoms with Crippen LogP contribution in [0.25, 0.3) is 0 Å². The van der Waals surface area contributed by atoms with Crippen molar-refractivity contribution in [3.63, 3.8) is 0 Å². The van der Waals surface area contributed by atoms with Crippen LogP contribution in [0.5, 0.6) is 11.5 Å². The van der Waals surface area contributed by atoms with Gasteiger partial charge in [-0.3, -0.25) is 4.90 Å². The smallest absolute Gasteiger partial charge is 0.142 e. The van der Waals surface area contributed by atoms with E-state index in [-0.39, 0.29) is 24.4 Å². The van der Waals surface area contributed by atoms with Gasteiger partial charge in [-0.15, -0.1) is 0 Å². The Hall–Kier alpha value is -2.20. The zero-order chi connectivity index (χ0) is 24.4. The minimum Gasteiger partial charge on any atom is -0.508 e. The molecule has 0 saturated carbocycles. The molecule has 188 valence electrons. The maximum absolute atomic E-state index is 10.4. The molecule has 0 radical (unpaired) electrons. The lowest BCUT2D eigenvalue weighted by atomic mass is 9.77. The van der Waals surface area contributed by atoms with Gasteiger partial charge in [-0.2, -0.15) is 0 Å². The number of nitrogens with one attached hydrogen (secondary N) is 1. The standard InChI is InChI=1S/C26H38N2O6/c1-26(2,22-3-5-24(31)20(15-22)17-27-7-11-32-13-9-29)23-4-6-25-21(16-23)18-28(19-34-25)8-12-33-14-10-30/h3-6,15-16,27,29-31H,7-14,17-19H2,1-2H3. The minimum absolute atomic E-state index is 0.0177. The summed E-state index contributed by atoms with van der Waals surface area (Å²) in [4.78, 5) is 2.19. The first kappa shape index (κ1) is 26.4. The monoisotopic (exact) mass is 474 g/mol. The normalized spacial score (nSPS) is 14.1. The van der Waals surface area contributed by atoms with Crippen LogP contribution >= 0.6 is 0 Å². The number of aliphatic hydroxyl groups is 2. The summed E-state index contributed by atoms with van der Waals surface area (Å²) in [6.45, 7) is 9.39. The second-order valence-corrected chi connectivity index (χ2v) is 8.97. The first-order valence-electron chi connectivity index (χ1n) is 11.8. The van der Waals surface area contributed by atoms with Crippen molar-refractivity contribution < 1.29 is 29.5 Å². The first-order chi connectivity index (χ1) is 16.5. The molecule has 0 amide bonds. The van der Waals surface area contributed by atoms with Gasteiger partial charge in [0.25, 0.3) is 0 Å². The number of phenols is 1. The molecule has 0 bridgehead atoms. The van der Waals surface area contributed by atoms with Crippen LogP contribution in [0.15, 0.2) is 36.4 Å². The fourth-order valence-electron chi connectivity index (χ4n) is 4.00. The van der Waals surface area contributed by atoms with Crippen LogP contribution in [0.1, 0.15) is 36.1 Å². The van der Waals surface area contributed by atoms with Crippen LogP contribution < -0.4 is 10.1 Å². The Morgan fingerprint density at radius 3 is 2.44 bits per heavy atom. The molecule has 0 aromatic heterocycles. The fraction of sp³-hybridized carbons (Fsp3) is 0.538. The Morgan fingerprint density at radius 1 is 0.971 bits per heavy atom. The third-order valence-electron chi connectivity index (χ3n) is 6.14. The van der Waals surface area contributed by atoms with E-state index in [1.165, 1.54) is 5.56 Å². The highest BCUT2D eigenvalue weighted by Crippen LogP contribution is 2.37. The summed E-state index contributed by atoms with van der Waals surface area (Å²) in [7, 11) is 0. The molecule has 0 saturated heterocycles. The van der Waals surface area contributed by atoms with Gasteiger partial charge in [0.1, 0.15) is 18.2 Å². The van der Waals surface area contributed by atoms with E-state index in [9.17, 15) is 5.11 Å². The number of nitrogens with zero attached hydrogens (tertiary/aromatic N) is 1. The quantitative estimate of drug-likeness (QED) is 0.308. The van der Waals surface area contributed by atoms with Gasteiger partial charge in [0.15, 0.2) is 0 Å². The molecular formula is C26H38N2O6. The largest absolute Gasteiger partial charge is 0.508 e. The molecule has 34 heavy (non-hydrogen) atoms. The molecule has 8 nitrogen and oxygen atoms in total.